The zero-order valence-corrected chi connectivity index (χ0v) is 12.0. The SMILES string of the molecule is CC(C)CCOCCOc1ccc(F)cc1C#CCO. The lowest BCUT2D eigenvalue weighted by molar-refractivity contribution is 0.0925. The Morgan fingerprint density at radius 2 is 2.05 bits per heavy atom. The molecule has 1 N–H and O–H groups in total. The molecule has 0 spiro atoms. The molecule has 0 unspecified atom stereocenters. The van der Waals surface area contributed by atoms with Crippen molar-refractivity contribution in [3.63, 3.8) is 0 Å². The van der Waals surface area contributed by atoms with E-state index in [-0.39, 0.29) is 12.4 Å². The van der Waals surface area contributed by atoms with Gasteiger partial charge in [0.05, 0.1) is 12.2 Å². The van der Waals surface area contributed by atoms with Gasteiger partial charge in [0.2, 0.25) is 0 Å². The lowest BCUT2D eigenvalue weighted by Crippen LogP contribution is -2.09. The maximum absolute atomic E-state index is 13.1. The molecule has 0 aromatic heterocycles. The lowest BCUT2D eigenvalue weighted by Gasteiger charge is -2.09. The van der Waals surface area contributed by atoms with Crippen molar-refractivity contribution in [3.8, 4) is 17.6 Å². The standard InChI is InChI=1S/C16H21FO3/c1-13(2)7-9-19-10-11-20-16-6-5-15(17)12-14(16)4-3-8-18/h5-6,12-13,18H,7-11H2,1-2H3. The van der Waals surface area contributed by atoms with E-state index >= 15 is 0 Å². The molecule has 0 saturated carbocycles. The molecule has 110 valence electrons. The van der Waals surface area contributed by atoms with Gasteiger partial charge in [0.15, 0.2) is 0 Å². The van der Waals surface area contributed by atoms with Crippen LogP contribution >= 0.6 is 0 Å². The predicted octanol–water partition coefficient (Wildman–Crippen LogP) is 2.61. The van der Waals surface area contributed by atoms with Crippen LogP contribution in [0.3, 0.4) is 0 Å². The highest BCUT2D eigenvalue weighted by atomic mass is 19.1. The van der Waals surface area contributed by atoms with Crippen molar-refractivity contribution < 1.29 is 19.0 Å². The first-order chi connectivity index (χ1) is 9.63. The van der Waals surface area contributed by atoms with Crippen molar-refractivity contribution in [2.75, 3.05) is 26.4 Å². The first-order valence-electron chi connectivity index (χ1n) is 6.73. The van der Waals surface area contributed by atoms with Gasteiger partial charge in [-0.2, -0.15) is 0 Å². The van der Waals surface area contributed by atoms with Gasteiger partial charge in [-0.1, -0.05) is 25.7 Å². The van der Waals surface area contributed by atoms with E-state index in [9.17, 15) is 4.39 Å². The molecule has 1 rings (SSSR count). The molecule has 0 fully saturated rings. The Bertz CT molecular complexity index is 461. The van der Waals surface area contributed by atoms with E-state index in [4.69, 9.17) is 14.6 Å². The summed E-state index contributed by atoms with van der Waals surface area (Å²) in [6.07, 6.45) is 1.02. The second kappa shape index (κ2) is 9.35. The number of benzene rings is 1. The fraction of sp³-hybridized carbons (Fsp3) is 0.500. The summed E-state index contributed by atoms with van der Waals surface area (Å²) in [6, 6.07) is 4.14. The molecule has 0 bridgehead atoms. The third-order valence-electron chi connectivity index (χ3n) is 2.57. The van der Waals surface area contributed by atoms with E-state index in [1.807, 2.05) is 0 Å². The highest BCUT2D eigenvalue weighted by Gasteiger charge is 2.03. The summed E-state index contributed by atoms with van der Waals surface area (Å²) in [7, 11) is 0. The van der Waals surface area contributed by atoms with E-state index in [0.29, 0.717) is 37.1 Å². The van der Waals surface area contributed by atoms with Crippen molar-refractivity contribution in [1.29, 1.82) is 0 Å². The topological polar surface area (TPSA) is 38.7 Å². The molecule has 1 aromatic rings. The van der Waals surface area contributed by atoms with Crippen LogP contribution in [0.5, 0.6) is 5.75 Å². The zero-order valence-electron chi connectivity index (χ0n) is 12.0. The quantitative estimate of drug-likeness (QED) is 0.616. The van der Waals surface area contributed by atoms with Crippen molar-refractivity contribution in [3.05, 3.63) is 29.6 Å². The number of aliphatic hydroxyl groups excluding tert-OH is 1. The van der Waals surface area contributed by atoms with Crippen molar-refractivity contribution >= 4 is 0 Å². The van der Waals surface area contributed by atoms with Crippen LogP contribution in [0.25, 0.3) is 0 Å². The van der Waals surface area contributed by atoms with Crippen LogP contribution < -0.4 is 4.74 Å². The normalized spacial score (nSPS) is 10.2. The fourth-order valence-corrected chi connectivity index (χ4v) is 1.49. The van der Waals surface area contributed by atoms with Gasteiger partial charge in [0.1, 0.15) is 24.8 Å². The van der Waals surface area contributed by atoms with Crippen LogP contribution in [0, 0.1) is 23.6 Å². The molecule has 1 aromatic carbocycles. The monoisotopic (exact) mass is 280 g/mol. The van der Waals surface area contributed by atoms with Crippen molar-refractivity contribution in [2.45, 2.75) is 20.3 Å². The molecule has 0 amide bonds. The van der Waals surface area contributed by atoms with Crippen molar-refractivity contribution in [1.82, 2.24) is 0 Å². The van der Waals surface area contributed by atoms with Gasteiger partial charge in [-0.05, 0) is 30.5 Å². The smallest absolute Gasteiger partial charge is 0.135 e. The molecule has 20 heavy (non-hydrogen) atoms. The summed E-state index contributed by atoms with van der Waals surface area (Å²) in [6.45, 7) is 5.60. The van der Waals surface area contributed by atoms with Crippen LogP contribution in [0.1, 0.15) is 25.8 Å². The van der Waals surface area contributed by atoms with Crippen molar-refractivity contribution in [2.24, 2.45) is 5.92 Å². The van der Waals surface area contributed by atoms with Crippen LogP contribution in [-0.4, -0.2) is 31.5 Å². The summed E-state index contributed by atoms with van der Waals surface area (Å²) in [5.41, 5.74) is 0.432. The average Bonchev–Trinajstić information content (AvgIpc) is 2.41. The van der Waals surface area contributed by atoms with Crippen LogP contribution in [0.15, 0.2) is 18.2 Å². The average molecular weight is 280 g/mol. The number of hydrogen-bond donors (Lipinski definition) is 1. The highest BCUT2D eigenvalue weighted by Crippen LogP contribution is 2.18. The zero-order chi connectivity index (χ0) is 14.8. The molecule has 0 aliphatic heterocycles. The molecule has 0 atom stereocenters. The highest BCUT2D eigenvalue weighted by molar-refractivity contribution is 5.46. The number of aliphatic hydroxyl groups is 1. The Labute approximate surface area is 119 Å². The molecule has 0 aliphatic rings. The maximum atomic E-state index is 13.1. The van der Waals surface area contributed by atoms with E-state index in [1.165, 1.54) is 18.2 Å². The third kappa shape index (κ3) is 6.55. The molecule has 4 heteroatoms. The first kappa shape index (κ1) is 16.5. The van der Waals surface area contributed by atoms with E-state index < -0.39 is 0 Å². The Hall–Kier alpha value is -1.57. The first-order valence-corrected chi connectivity index (χ1v) is 6.73. The minimum atomic E-state index is -0.382. The Balaban J connectivity index is 2.43. The second-order valence-electron chi connectivity index (χ2n) is 4.74. The Morgan fingerprint density at radius 1 is 1.25 bits per heavy atom. The van der Waals surface area contributed by atoms with Crippen LogP contribution in [-0.2, 0) is 4.74 Å². The summed E-state index contributed by atoms with van der Waals surface area (Å²) in [5, 5.41) is 8.68. The number of rotatable bonds is 7. The molecule has 0 radical (unpaired) electrons. The van der Waals surface area contributed by atoms with Gasteiger partial charge in [0, 0.05) is 6.61 Å². The van der Waals surface area contributed by atoms with Gasteiger partial charge in [-0.15, -0.1) is 0 Å². The van der Waals surface area contributed by atoms with Gasteiger partial charge in [-0.25, -0.2) is 4.39 Å². The molecular weight excluding hydrogens is 259 g/mol. The van der Waals surface area contributed by atoms with Gasteiger partial charge in [0.25, 0.3) is 0 Å². The molecule has 0 heterocycles. The summed E-state index contributed by atoms with van der Waals surface area (Å²) in [4.78, 5) is 0. The van der Waals surface area contributed by atoms with Gasteiger partial charge >= 0.3 is 0 Å². The summed E-state index contributed by atoms with van der Waals surface area (Å²) >= 11 is 0. The second-order valence-corrected chi connectivity index (χ2v) is 4.74. The maximum Gasteiger partial charge on any atom is 0.135 e. The molecular formula is C16H21FO3. The number of halogens is 1. The Morgan fingerprint density at radius 3 is 2.75 bits per heavy atom. The number of ether oxygens (including phenoxy) is 2. The summed E-state index contributed by atoms with van der Waals surface area (Å²) < 4.78 is 24.1. The largest absolute Gasteiger partial charge is 0.490 e. The Kier molecular flexibility index (Phi) is 7.71. The minimum Gasteiger partial charge on any atom is -0.490 e. The van der Waals surface area contributed by atoms with Gasteiger partial charge < -0.3 is 14.6 Å². The van der Waals surface area contributed by atoms with E-state index in [1.54, 1.807) is 0 Å². The van der Waals surface area contributed by atoms with Crippen LogP contribution in [0.2, 0.25) is 0 Å². The molecule has 0 aliphatic carbocycles. The van der Waals surface area contributed by atoms with E-state index in [0.717, 1.165) is 6.42 Å². The fourth-order valence-electron chi connectivity index (χ4n) is 1.49. The van der Waals surface area contributed by atoms with E-state index in [2.05, 4.69) is 25.7 Å². The van der Waals surface area contributed by atoms with Gasteiger partial charge in [-0.3, -0.25) is 0 Å². The molecule has 0 saturated heterocycles. The lowest BCUT2D eigenvalue weighted by atomic mass is 10.1. The van der Waals surface area contributed by atoms with Crippen LogP contribution in [0.4, 0.5) is 4.39 Å². The number of hydrogen-bond acceptors (Lipinski definition) is 3. The summed E-state index contributed by atoms with van der Waals surface area (Å²) in [5.74, 6) is 5.88. The molecule has 3 nitrogen and oxygen atoms in total. The predicted molar refractivity (Wildman–Crippen MR) is 76.1 cm³/mol. The third-order valence-corrected chi connectivity index (χ3v) is 2.57. The minimum absolute atomic E-state index is 0.270.